The molecule has 1 amide bonds. The third kappa shape index (κ3) is 4.68. The first-order valence-electron chi connectivity index (χ1n) is 9.51. The number of rotatable bonds is 6. The van der Waals surface area contributed by atoms with Crippen LogP contribution in [0.4, 0.5) is 0 Å². The van der Waals surface area contributed by atoms with Gasteiger partial charge in [-0.1, -0.05) is 30.4 Å². The van der Waals surface area contributed by atoms with Crippen LogP contribution in [0.15, 0.2) is 66.7 Å². The molecule has 0 aromatic heterocycles. The van der Waals surface area contributed by atoms with E-state index in [0.717, 1.165) is 0 Å². The average Bonchev–Trinajstić information content (AvgIpc) is 2.79. The summed E-state index contributed by atoms with van der Waals surface area (Å²) in [7, 11) is 2.74. The van der Waals surface area contributed by atoms with Gasteiger partial charge in [-0.15, -0.1) is 0 Å². The van der Waals surface area contributed by atoms with Crippen LogP contribution < -0.4 is 9.47 Å². The van der Waals surface area contributed by atoms with E-state index >= 15 is 0 Å². The smallest absolute Gasteiger partial charge is 0.328 e. The molecule has 0 N–H and O–H groups in total. The molecule has 1 heterocycles. The van der Waals surface area contributed by atoms with Gasteiger partial charge in [0.15, 0.2) is 5.92 Å². The predicted molar refractivity (Wildman–Crippen MR) is 109 cm³/mol. The monoisotopic (exact) mass is 409 g/mol. The van der Waals surface area contributed by atoms with Gasteiger partial charge in [-0.25, -0.2) is 0 Å². The fourth-order valence-corrected chi connectivity index (χ4v) is 3.30. The third-order valence-corrected chi connectivity index (χ3v) is 4.84. The number of esters is 2. The van der Waals surface area contributed by atoms with Crippen molar-refractivity contribution in [1.82, 2.24) is 4.90 Å². The Bertz CT molecular complexity index is 922. The lowest BCUT2D eigenvalue weighted by molar-refractivity contribution is -0.157. The molecule has 1 unspecified atom stereocenters. The van der Waals surface area contributed by atoms with Gasteiger partial charge in [0.2, 0.25) is 0 Å². The predicted octanol–water partition coefficient (Wildman–Crippen LogP) is 2.86. The van der Waals surface area contributed by atoms with Crippen molar-refractivity contribution >= 4 is 17.8 Å². The third-order valence-electron chi connectivity index (χ3n) is 4.84. The second-order valence-electron chi connectivity index (χ2n) is 6.67. The fraction of sp³-hybridized carbons (Fsp3) is 0.261. The maximum atomic E-state index is 13.2. The van der Waals surface area contributed by atoms with E-state index < -0.39 is 23.9 Å². The molecule has 0 radical (unpaired) electrons. The van der Waals surface area contributed by atoms with Crippen molar-refractivity contribution in [2.24, 2.45) is 5.92 Å². The van der Waals surface area contributed by atoms with Crippen molar-refractivity contribution < 1.29 is 28.6 Å². The van der Waals surface area contributed by atoms with Gasteiger partial charge in [0, 0.05) is 12.1 Å². The number of amides is 1. The summed E-state index contributed by atoms with van der Waals surface area (Å²) in [6, 6.07) is 14.3. The number of methoxy groups -OCH3 is 2. The van der Waals surface area contributed by atoms with E-state index in [9.17, 15) is 14.4 Å². The van der Waals surface area contributed by atoms with E-state index in [-0.39, 0.29) is 5.91 Å². The summed E-state index contributed by atoms with van der Waals surface area (Å²) in [5.74, 6) is -2.22. The van der Waals surface area contributed by atoms with Gasteiger partial charge in [-0.3, -0.25) is 14.4 Å². The topological polar surface area (TPSA) is 82.1 Å². The largest absolute Gasteiger partial charge is 0.497 e. The highest BCUT2D eigenvalue weighted by Gasteiger charge is 2.42. The van der Waals surface area contributed by atoms with Crippen molar-refractivity contribution in [3.63, 3.8) is 0 Å². The van der Waals surface area contributed by atoms with E-state index in [1.54, 1.807) is 67.8 Å². The van der Waals surface area contributed by atoms with Crippen molar-refractivity contribution in [3.05, 3.63) is 72.3 Å². The van der Waals surface area contributed by atoms with Crippen molar-refractivity contribution in [3.8, 4) is 11.5 Å². The number of hydrogen-bond acceptors (Lipinski definition) is 6. The molecule has 0 saturated carbocycles. The minimum atomic E-state index is -1.31. The number of nitrogens with zero attached hydrogens (tertiary/aromatic N) is 1. The molecule has 0 aliphatic carbocycles. The zero-order chi connectivity index (χ0) is 21.5. The van der Waals surface area contributed by atoms with Gasteiger partial charge in [0.25, 0.3) is 5.91 Å². The summed E-state index contributed by atoms with van der Waals surface area (Å²) in [5, 5.41) is 0. The first kappa shape index (κ1) is 21.1. The van der Waals surface area contributed by atoms with Gasteiger partial charge in [0.1, 0.15) is 11.5 Å². The van der Waals surface area contributed by atoms with Crippen LogP contribution in [0, 0.1) is 5.92 Å². The van der Waals surface area contributed by atoms with Crippen LogP contribution in [-0.2, 0) is 14.3 Å². The second-order valence-corrected chi connectivity index (χ2v) is 6.67. The number of para-hydroxylation sites is 1. The van der Waals surface area contributed by atoms with Gasteiger partial charge in [-0.05, 0) is 42.8 Å². The van der Waals surface area contributed by atoms with Gasteiger partial charge in [-0.2, -0.15) is 0 Å². The number of carbonyl (C=O) groups excluding carboxylic acids is 3. The lowest BCUT2D eigenvalue weighted by Crippen LogP contribution is -2.51. The molecule has 0 spiro atoms. The van der Waals surface area contributed by atoms with E-state index in [4.69, 9.17) is 14.2 Å². The Morgan fingerprint density at radius 2 is 1.63 bits per heavy atom. The number of hydrogen-bond donors (Lipinski definition) is 0. The molecule has 0 saturated heterocycles. The molecule has 2 aromatic rings. The Hall–Kier alpha value is -3.61. The Morgan fingerprint density at radius 1 is 0.933 bits per heavy atom. The van der Waals surface area contributed by atoms with E-state index in [2.05, 4.69) is 0 Å². The highest BCUT2D eigenvalue weighted by molar-refractivity contribution is 5.99. The summed E-state index contributed by atoms with van der Waals surface area (Å²) >= 11 is 0. The molecule has 1 aliphatic rings. The number of ether oxygens (including phenoxy) is 3. The average molecular weight is 409 g/mol. The minimum absolute atomic E-state index is 0.298. The Labute approximate surface area is 174 Å². The van der Waals surface area contributed by atoms with Crippen LogP contribution in [-0.4, -0.2) is 49.6 Å². The van der Waals surface area contributed by atoms with Gasteiger partial charge < -0.3 is 19.1 Å². The van der Waals surface area contributed by atoms with Crippen LogP contribution in [0.25, 0.3) is 0 Å². The summed E-state index contributed by atoms with van der Waals surface area (Å²) in [4.78, 5) is 40.1. The Morgan fingerprint density at radius 3 is 2.27 bits per heavy atom. The normalized spacial score (nSPS) is 16.5. The minimum Gasteiger partial charge on any atom is -0.497 e. The van der Waals surface area contributed by atoms with E-state index in [0.29, 0.717) is 30.0 Å². The maximum Gasteiger partial charge on any atom is 0.328 e. The zero-order valence-corrected chi connectivity index (χ0v) is 16.8. The molecule has 2 atom stereocenters. The molecular formula is C23H23NO6. The summed E-state index contributed by atoms with van der Waals surface area (Å²) in [5.41, 5.74) is 0.427. The fourth-order valence-electron chi connectivity index (χ4n) is 3.30. The summed E-state index contributed by atoms with van der Waals surface area (Å²) in [6.07, 6.45) is 4.13. The molecule has 7 nitrogen and oxygen atoms in total. The van der Waals surface area contributed by atoms with Gasteiger partial charge >= 0.3 is 11.9 Å². The highest BCUT2D eigenvalue weighted by Crippen LogP contribution is 2.25. The number of carbonyl (C=O) groups is 3. The molecule has 156 valence electrons. The molecule has 7 heteroatoms. The summed E-state index contributed by atoms with van der Waals surface area (Å²) < 4.78 is 15.4. The van der Waals surface area contributed by atoms with Crippen LogP contribution in [0.5, 0.6) is 11.5 Å². The van der Waals surface area contributed by atoms with Crippen LogP contribution >= 0.6 is 0 Å². The highest BCUT2D eigenvalue weighted by atomic mass is 16.6. The zero-order valence-electron chi connectivity index (χ0n) is 16.8. The first-order chi connectivity index (χ1) is 14.5. The SMILES string of the molecule is COC(=O)C(C(=O)Oc1ccccc1)[C@H]1C=CCCN1C(=O)c1ccc(OC)cc1. The molecule has 0 fully saturated rings. The maximum absolute atomic E-state index is 13.2. The molecule has 1 aliphatic heterocycles. The quantitative estimate of drug-likeness (QED) is 0.316. The van der Waals surface area contributed by atoms with Crippen molar-refractivity contribution in [2.45, 2.75) is 12.5 Å². The number of benzene rings is 2. The molecular weight excluding hydrogens is 386 g/mol. The lowest BCUT2D eigenvalue weighted by Gasteiger charge is -2.35. The molecule has 30 heavy (non-hydrogen) atoms. The van der Waals surface area contributed by atoms with Crippen molar-refractivity contribution in [1.29, 1.82) is 0 Å². The van der Waals surface area contributed by atoms with Crippen molar-refractivity contribution in [2.75, 3.05) is 20.8 Å². The van der Waals surface area contributed by atoms with E-state index in [1.807, 2.05) is 6.08 Å². The van der Waals surface area contributed by atoms with Gasteiger partial charge in [0.05, 0.1) is 20.3 Å². The molecule has 0 bridgehead atoms. The van der Waals surface area contributed by atoms with E-state index in [1.165, 1.54) is 12.0 Å². The standard InChI is InChI=1S/C23H23NO6/c1-28-17-13-11-16(12-14-17)21(25)24-15-7-6-10-19(24)20(22(26)29-2)23(27)30-18-8-4-3-5-9-18/h3-6,8-14,19-20H,7,15H2,1-2H3/t19-,20?/m1/s1. The molecule has 3 rings (SSSR count). The van der Waals surface area contributed by atoms with Crippen LogP contribution in [0.3, 0.4) is 0 Å². The first-order valence-corrected chi connectivity index (χ1v) is 9.51. The second kappa shape index (κ2) is 9.73. The summed E-state index contributed by atoms with van der Waals surface area (Å²) in [6.45, 7) is 0.359. The Kier molecular flexibility index (Phi) is 6.85. The molecule has 2 aromatic carbocycles. The van der Waals surface area contributed by atoms with Crippen LogP contribution in [0.1, 0.15) is 16.8 Å². The van der Waals surface area contributed by atoms with Crippen LogP contribution in [0.2, 0.25) is 0 Å². The Balaban J connectivity index is 1.88. The lowest BCUT2D eigenvalue weighted by atomic mass is 9.94.